The Morgan fingerprint density at radius 2 is 0.811 bits per heavy atom. The maximum Gasteiger partial charge on any atom is 0.207 e. The fourth-order valence-corrected chi connectivity index (χ4v) is 5.99. The van der Waals surface area contributed by atoms with Crippen molar-refractivity contribution in [2.45, 2.75) is 41.5 Å². The fourth-order valence-electron chi connectivity index (χ4n) is 5.99. The second-order valence-electron chi connectivity index (χ2n) is 9.65. The lowest BCUT2D eigenvalue weighted by Gasteiger charge is -2.24. The largest absolute Gasteiger partial charge is 0.456 e. The molecule has 0 amide bonds. The lowest BCUT2D eigenvalue weighted by atomic mass is 9.98. The van der Waals surface area contributed by atoms with Crippen LogP contribution in [0.1, 0.15) is 41.5 Å². The van der Waals surface area contributed by atoms with E-state index in [1.54, 1.807) is 0 Å². The molecule has 3 aromatic heterocycles. The van der Waals surface area contributed by atoms with E-state index >= 15 is 0 Å². The van der Waals surface area contributed by atoms with Crippen LogP contribution in [0.25, 0.3) is 55.0 Å². The third-order valence-corrected chi connectivity index (χ3v) is 7.95. The summed E-state index contributed by atoms with van der Waals surface area (Å²) in [6.45, 7) is 18.6. The predicted molar refractivity (Wildman–Crippen MR) is 155 cm³/mol. The summed E-state index contributed by atoms with van der Waals surface area (Å²) >= 11 is 0. The Morgan fingerprint density at radius 1 is 0.486 bits per heavy atom. The molecule has 0 aliphatic heterocycles. The molecule has 6 heteroatoms. The van der Waals surface area contributed by atoms with Crippen LogP contribution in [0.2, 0.25) is 0 Å². The number of hydrogen-bond acceptors (Lipinski definition) is 5. The SMILES string of the molecule is CCN(CC)c1cc2oc3cc(N(CC)CC)cc4oc5cc(=[N+](CC)CC)cc6oc(c1)c2c(c34)c65. The minimum atomic E-state index is 0.843. The molecule has 3 aromatic carbocycles. The molecular weight excluding hydrogens is 462 g/mol. The van der Waals surface area contributed by atoms with Crippen molar-refractivity contribution in [1.29, 1.82) is 0 Å². The number of hydrogen-bond donors (Lipinski definition) is 0. The first-order valence-electron chi connectivity index (χ1n) is 13.7. The molecule has 0 aliphatic carbocycles. The zero-order valence-corrected chi connectivity index (χ0v) is 22.8. The van der Waals surface area contributed by atoms with Gasteiger partial charge in [0.1, 0.15) is 46.6 Å². The lowest BCUT2D eigenvalue weighted by molar-refractivity contribution is 0.613. The summed E-state index contributed by atoms with van der Waals surface area (Å²) in [7, 11) is 0. The van der Waals surface area contributed by atoms with Gasteiger partial charge < -0.3 is 23.1 Å². The minimum Gasteiger partial charge on any atom is -0.456 e. The lowest BCUT2D eigenvalue weighted by Crippen LogP contribution is -2.29. The van der Waals surface area contributed by atoms with Crippen LogP contribution in [0.3, 0.4) is 0 Å². The predicted octanol–water partition coefficient (Wildman–Crippen LogP) is 7.17. The molecule has 192 valence electrons. The molecule has 0 radical (unpaired) electrons. The van der Waals surface area contributed by atoms with Gasteiger partial charge in [0.25, 0.3) is 0 Å². The van der Waals surface area contributed by atoms with Crippen molar-refractivity contribution in [3.8, 4) is 0 Å². The standard InChI is InChI=1S/C31H36N3O3/c1-7-32(8-2)19-13-22-28-23(14-19)36-25-16-21(34(11-5)12-6)18-27-30(25)31(28)29-24(35-22)15-20(17-26(29)37-27)33(9-3)10-4/h13-18H,7-12H2,1-6H3/q+1. The number of anilines is 2. The average molecular weight is 499 g/mol. The Balaban J connectivity index is 1.86. The van der Waals surface area contributed by atoms with E-state index in [2.05, 4.69) is 92.3 Å². The smallest absolute Gasteiger partial charge is 0.207 e. The van der Waals surface area contributed by atoms with Crippen LogP contribution in [-0.2, 0) is 0 Å². The molecule has 0 atom stereocenters. The minimum absolute atomic E-state index is 0.843. The summed E-state index contributed by atoms with van der Waals surface area (Å²) < 4.78 is 22.3. The molecular formula is C31H36N3O3+. The summed E-state index contributed by atoms with van der Waals surface area (Å²) in [5.41, 5.74) is 7.28. The van der Waals surface area contributed by atoms with E-state index in [4.69, 9.17) is 13.3 Å². The quantitative estimate of drug-likeness (QED) is 0.126. The third kappa shape index (κ3) is 3.49. The van der Waals surface area contributed by atoms with Crippen LogP contribution in [0.5, 0.6) is 0 Å². The highest BCUT2D eigenvalue weighted by atomic mass is 16.4. The van der Waals surface area contributed by atoms with Gasteiger partial charge >= 0.3 is 0 Å². The highest BCUT2D eigenvalue weighted by molar-refractivity contribution is 6.32. The molecule has 0 saturated heterocycles. The normalized spacial score (nSPS) is 12.2. The molecule has 0 N–H and O–H groups in total. The molecule has 6 nitrogen and oxygen atoms in total. The van der Waals surface area contributed by atoms with E-state index in [-0.39, 0.29) is 0 Å². The summed E-state index contributed by atoms with van der Waals surface area (Å²) in [4.78, 5) is 4.66. The van der Waals surface area contributed by atoms with Crippen LogP contribution in [-0.4, -0.2) is 39.3 Å². The molecule has 0 aliphatic rings. The Labute approximate surface area is 216 Å². The molecule has 6 rings (SSSR count). The zero-order chi connectivity index (χ0) is 25.8. The number of nitrogens with zero attached hydrogens (tertiary/aromatic N) is 3. The fraction of sp³-hybridized carbons (Fsp3) is 0.387. The first-order valence-corrected chi connectivity index (χ1v) is 13.7. The first-order chi connectivity index (χ1) is 18.0. The molecule has 0 fully saturated rings. The van der Waals surface area contributed by atoms with E-state index in [1.807, 2.05) is 0 Å². The van der Waals surface area contributed by atoms with Crippen molar-refractivity contribution < 1.29 is 13.3 Å². The van der Waals surface area contributed by atoms with Gasteiger partial charge in [-0.15, -0.1) is 0 Å². The van der Waals surface area contributed by atoms with Crippen LogP contribution >= 0.6 is 0 Å². The van der Waals surface area contributed by atoms with E-state index < -0.39 is 0 Å². The summed E-state index contributed by atoms with van der Waals surface area (Å²) in [6, 6.07) is 13.0. The molecule has 37 heavy (non-hydrogen) atoms. The summed E-state index contributed by atoms with van der Waals surface area (Å²) in [5.74, 6) is 0. The van der Waals surface area contributed by atoms with Crippen LogP contribution in [0, 0.1) is 0 Å². The average Bonchev–Trinajstić information content (AvgIpc) is 2.90. The third-order valence-electron chi connectivity index (χ3n) is 7.95. The van der Waals surface area contributed by atoms with Crippen molar-refractivity contribution in [3.63, 3.8) is 0 Å². The molecule has 3 heterocycles. The van der Waals surface area contributed by atoms with E-state index in [0.717, 1.165) is 111 Å². The Bertz CT molecular complexity index is 1690. The van der Waals surface area contributed by atoms with E-state index in [9.17, 15) is 0 Å². The highest BCUT2D eigenvalue weighted by Gasteiger charge is 2.24. The van der Waals surface area contributed by atoms with Crippen LogP contribution in [0.15, 0.2) is 49.6 Å². The van der Waals surface area contributed by atoms with Gasteiger partial charge in [0, 0.05) is 67.2 Å². The second-order valence-corrected chi connectivity index (χ2v) is 9.65. The van der Waals surface area contributed by atoms with Gasteiger partial charge in [0.15, 0.2) is 0 Å². The van der Waals surface area contributed by atoms with Gasteiger partial charge in [0.2, 0.25) is 5.36 Å². The van der Waals surface area contributed by atoms with Gasteiger partial charge in [-0.25, -0.2) is 4.58 Å². The van der Waals surface area contributed by atoms with E-state index in [1.165, 1.54) is 0 Å². The van der Waals surface area contributed by atoms with Crippen molar-refractivity contribution in [2.24, 2.45) is 0 Å². The first kappa shape index (κ1) is 23.7. The van der Waals surface area contributed by atoms with Crippen molar-refractivity contribution >= 4 is 66.4 Å². The van der Waals surface area contributed by atoms with Gasteiger partial charge in [-0.05, 0) is 41.5 Å². The molecule has 0 bridgehead atoms. The second kappa shape index (κ2) is 9.02. The van der Waals surface area contributed by atoms with E-state index in [0.29, 0.717) is 0 Å². The monoisotopic (exact) mass is 498 g/mol. The Hall–Kier alpha value is -3.67. The van der Waals surface area contributed by atoms with Crippen LogP contribution < -0.4 is 19.7 Å². The Kier molecular flexibility index (Phi) is 5.78. The van der Waals surface area contributed by atoms with Gasteiger partial charge in [0.05, 0.1) is 28.3 Å². The summed E-state index contributed by atoms with van der Waals surface area (Å²) in [6.07, 6.45) is 0. The Morgan fingerprint density at radius 3 is 1.11 bits per heavy atom. The molecule has 0 unspecified atom stereocenters. The topological polar surface area (TPSA) is 48.9 Å². The van der Waals surface area contributed by atoms with Crippen molar-refractivity contribution in [3.05, 3.63) is 41.8 Å². The highest BCUT2D eigenvalue weighted by Crippen LogP contribution is 2.45. The number of rotatable bonds is 8. The molecule has 6 aromatic rings. The molecule has 0 saturated carbocycles. The van der Waals surface area contributed by atoms with Crippen molar-refractivity contribution in [2.75, 3.05) is 49.1 Å². The molecule has 0 spiro atoms. The maximum atomic E-state index is 6.66. The summed E-state index contributed by atoms with van der Waals surface area (Å²) in [5, 5.41) is 5.33. The maximum absolute atomic E-state index is 6.66. The number of benzene rings is 3. The van der Waals surface area contributed by atoms with Crippen LogP contribution in [0.4, 0.5) is 11.4 Å². The van der Waals surface area contributed by atoms with Gasteiger partial charge in [-0.1, -0.05) is 0 Å². The van der Waals surface area contributed by atoms with Gasteiger partial charge in [-0.2, -0.15) is 0 Å². The van der Waals surface area contributed by atoms with Crippen molar-refractivity contribution in [1.82, 2.24) is 4.58 Å². The zero-order valence-electron chi connectivity index (χ0n) is 22.8. The van der Waals surface area contributed by atoms with Gasteiger partial charge in [-0.3, -0.25) is 0 Å².